The van der Waals surface area contributed by atoms with Crippen molar-refractivity contribution in [1.29, 1.82) is 0 Å². The molecular weight excluding hydrogens is 350 g/mol. The van der Waals surface area contributed by atoms with E-state index >= 15 is 0 Å². The van der Waals surface area contributed by atoms with Crippen LogP contribution in [0.2, 0.25) is 0 Å². The zero-order valence-corrected chi connectivity index (χ0v) is 14.6. The number of nitro groups is 1. The SMILES string of the molecule is O=C(c1ccccc1)C1CCN(C(=O)Cn2cc([N+](=O)[O-])ccc2=O)CC1. The van der Waals surface area contributed by atoms with E-state index in [0.717, 1.165) is 22.9 Å². The zero-order valence-electron chi connectivity index (χ0n) is 14.6. The number of hydrogen-bond donors (Lipinski definition) is 0. The summed E-state index contributed by atoms with van der Waals surface area (Å²) in [4.78, 5) is 48.6. The number of Topliss-reactive ketones (excluding diaryl/α,β-unsaturated/α-hetero) is 1. The van der Waals surface area contributed by atoms with Crippen LogP contribution in [-0.2, 0) is 11.3 Å². The first-order valence-electron chi connectivity index (χ1n) is 8.67. The van der Waals surface area contributed by atoms with Gasteiger partial charge in [-0.25, -0.2) is 0 Å². The van der Waals surface area contributed by atoms with Crippen LogP contribution in [0.3, 0.4) is 0 Å². The molecule has 27 heavy (non-hydrogen) atoms. The van der Waals surface area contributed by atoms with Crippen molar-refractivity contribution in [1.82, 2.24) is 9.47 Å². The average molecular weight is 369 g/mol. The molecule has 1 aliphatic heterocycles. The molecule has 140 valence electrons. The van der Waals surface area contributed by atoms with E-state index in [0.29, 0.717) is 31.5 Å². The van der Waals surface area contributed by atoms with Crippen molar-refractivity contribution >= 4 is 17.4 Å². The lowest BCUT2D eigenvalue weighted by Gasteiger charge is -2.31. The summed E-state index contributed by atoms with van der Waals surface area (Å²) in [6, 6.07) is 11.3. The Balaban J connectivity index is 1.61. The first-order valence-corrected chi connectivity index (χ1v) is 8.67. The number of amides is 1. The van der Waals surface area contributed by atoms with E-state index in [9.17, 15) is 24.5 Å². The minimum Gasteiger partial charge on any atom is -0.341 e. The van der Waals surface area contributed by atoms with Gasteiger partial charge in [0.2, 0.25) is 5.91 Å². The first-order chi connectivity index (χ1) is 13.0. The Morgan fingerprint density at radius 3 is 2.37 bits per heavy atom. The summed E-state index contributed by atoms with van der Waals surface area (Å²) >= 11 is 0. The predicted molar refractivity (Wildman–Crippen MR) is 97.4 cm³/mol. The third kappa shape index (κ3) is 4.28. The number of benzene rings is 1. The van der Waals surface area contributed by atoms with E-state index in [1.165, 1.54) is 0 Å². The lowest BCUT2D eigenvalue weighted by atomic mass is 9.89. The van der Waals surface area contributed by atoms with Crippen molar-refractivity contribution in [2.24, 2.45) is 5.92 Å². The van der Waals surface area contributed by atoms with Crippen LogP contribution in [0.4, 0.5) is 5.69 Å². The van der Waals surface area contributed by atoms with Crippen molar-refractivity contribution in [2.75, 3.05) is 13.1 Å². The maximum atomic E-state index is 12.5. The van der Waals surface area contributed by atoms with Gasteiger partial charge < -0.3 is 4.90 Å². The largest absolute Gasteiger partial charge is 0.341 e. The lowest BCUT2D eigenvalue weighted by molar-refractivity contribution is -0.385. The number of ketones is 1. The van der Waals surface area contributed by atoms with Gasteiger partial charge in [-0.3, -0.25) is 29.1 Å². The molecule has 1 amide bonds. The predicted octanol–water partition coefficient (Wildman–Crippen LogP) is 1.88. The highest BCUT2D eigenvalue weighted by molar-refractivity contribution is 5.98. The van der Waals surface area contributed by atoms with E-state index in [-0.39, 0.29) is 29.8 Å². The Morgan fingerprint density at radius 2 is 1.74 bits per heavy atom. The molecule has 0 bridgehead atoms. The second-order valence-corrected chi connectivity index (χ2v) is 6.50. The van der Waals surface area contributed by atoms with Crippen LogP contribution in [0.15, 0.2) is 53.5 Å². The Bertz CT molecular complexity index is 914. The smallest absolute Gasteiger partial charge is 0.285 e. The normalized spacial score (nSPS) is 14.7. The van der Waals surface area contributed by atoms with E-state index in [4.69, 9.17) is 0 Å². The highest BCUT2D eigenvalue weighted by Crippen LogP contribution is 2.22. The van der Waals surface area contributed by atoms with E-state index in [1.807, 2.05) is 18.2 Å². The summed E-state index contributed by atoms with van der Waals surface area (Å²) in [7, 11) is 0. The molecular formula is C19H19N3O5. The Labute approximate surface area is 155 Å². The van der Waals surface area contributed by atoms with Crippen LogP contribution in [-0.4, -0.2) is 39.2 Å². The van der Waals surface area contributed by atoms with Gasteiger partial charge in [-0.05, 0) is 12.8 Å². The third-order valence-electron chi connectivity index (χ3n) is 4.76. The van der Waals surface area contributed by atoms with Gasteiger partial charge in [0, 0.05) is 36.7 Å². The summed E-state index contributed by atoms with van der Waals surface area (Å²) < 4.78 is 1.04. The number of aromatic nitrogens is 1. The average Bonchev–Trinajstić information content (AvgIpc) is 2.69. The molecule has 2 heterocycles. The molecule has 8 nitrogen and oxygen atoms in total. The van der Waals surface area contributed by atoms with Crippen LogP contribution in [0, 0.1) is 16.0 Å². The van der Waals surface area contributed by atoms with Crippen molar-refractivity contribution in [3.63, 3.8) is 0 Å². The second-order valence-electron chi connectivity index (χ2n) is 6.50. The molecule has 1 fully saturated rings. The number of pyridine rings is 1. The summed E-state index contributed by atoms with van der Waals surface area (Å²) in [5.41, 5.74) is -0.0388. The third-order valence-corrected chi connectivity index (χ3v) is 4.76. The Kier molecular flexibility index (Phi) is 5.44. The fraction of sp³-hybridized carbons (Fsp3) is 0.316. The van der Waals surface area contributed by atoms with Gasteiger partial charge in [0.1, 0.15) is 6.54 Å². The van der Waals surface area contributed by atoms with Crippen LogP contribution >= 0.6 is 0 Å². The first kappa shape index (κ1) is 18.5. The number of carbonyl (C=O) groups excluding carboxylic acids is 2. The molecule has 1 aromatic carbocycles. The van der Waals surface area contributed by atoms with Gasteiger partial charge in [-0.2, -0.15) is 0 Å². The van der Waals surface area contributed by atoms with Gasteiger partial charge >= 0.3 is 0 Å². The van der Waals surface area contributed by atoms with E-state index in [2.05, 4.69) is 0 Å². The second kappa shape index (κ2) is 7.94. The van der Waals surface area contributed by atoms with Gasteiger partial charge in [0.05, 0.1) is 11.1 Å². The number of nitrogens with zero attached hydrogens (tertiary/aromatic N) is 3. The Morgan fingerprint density at radius 1 is 1.07 bits per heavy atom. The fourth-order valence-corrected chi connectivity index (χ4v) is 3.23. The number of likely N-dealkylation sites (tertiary alicyclic amines) is 1. The number of piperidine rings is 1. The molecule has 0 radical (unpaired) electrons. The summed E-state index contributed by atoms with van der Waals surface area (Å²) in [5, 5.41) is 10.8. The lowest BCUT2D eigenvalue weighted by Crippen LogP contribution is -2.42. The molecule has 0 spiro atoms. The number of carbonyl (C=O) groups is 2. The summed E-state index contributed by atoms with van der Waals surface area (Å²) in [6.07, 6.45) is 2.19. The van der Waals surface area contributed by atoms with Crippen molar-refractivity contribution in [2.45, 2.75) is 19.4 Å². The van der Waals surface area contributed by atoms with Gasteiger partial charge in [0.15, 0.2) is 5.78 Å². The van der Waals surface area contributed by atoms with Crippen LogP contribution in [0.5, 0.6) is 0 Å². The molecule has 0 unspecified atom stereocenters. The van der Waals surface area contributed by atoms with Crippen LogP contribution in [0.1, 0.15) is 23.2 Å². The van der Waals surface area contributed by atoms with Crippen molar-refractivity contribution < 1.29 is 14.5 Å². The minimum absolute atomic E-state index is 0.0811. The van der Waals surface area contributed by atoms with E-state index in [1.54, 1.807) is 17.0 Å². The van der Waals surface area contributed by atoms with Gasteiger partial charge in [0.25, 0.3) is 11.2 Å². The molecule has 2 aromatic rings. The molecule has 8 heteroatoms. The monoisotopic (exact) mass is 369 g/mol. The summed E-state index contributed by atoms with van der Waals surface area (Å²) in [6.45, 7) is 0.593. The topological polar surface area (TPSA) is 103 Å². The molecule has 0 N–H and O–H groups in total. The molecule has 0 aliphatic carbocycles. The van der Waals surface area contributed by atoms with Gasteiger partial charge in [-0.1, -0.05) is 30.3 Å². The highest BCUT2D eigenvalue weighted by Gasteiger charge is 2.28. The molecule has 3 rings (SSSR count). The quantitative estimate of drug-likeness (QED) is 0.455. The van der Waals surface area contributed by atoms with E-state index < -0.39 is 10.5 Å². The highest BCUT2D eigenvalue weighted by atomic mass is 16.6. The molecule has 1 aromatic heterocycles. The standard InChI is InChI=1S/C19H19N3O5/c23-17-7-6-16(22(26)27)12-21(17)13-18(24)20-10-8-15(9-11-20)19(25)14-4-2-1-3-5-14/h1-7,12,15H,8-11,13H2. The minimum atomic E-state index is -0.610. The number of rotatable bonds is 5. The van der Waals surface area contributed by atoms with Crippen molar-refractivity contribution in [3.05, 3.63) is 74.7 Å². The number of hydrogen-bond acceptors (Lipinski definition) is 5. The molecule has 0 saturated carbocycles. The van der Waals surface area contributed by atoms with Gasteiger partial charge in [-0.15, -0.1) is 0 Å². The molecule has 1 saturated heterocycles. The zero-order chi connectivity index (χ0) is 19.4. The van der Waals surface area contributed by atoms with Crippen LogP contribution in [0.25, 0.3) is 0 Å². The Hall–Kier alpha value is -3.29. The van der Waals surface area contributed by atoms with Crippen molar-refractivity contribution in [3.8, 4) is 0 Å². The maximum absolute atomic E-state index is 12.5. The molecule has 1 aliphatic rings. The summed E-state index contributed by atoms with van der Waals surface area (Å²) in [5.74, 6) is -0.335. The van der Waals surface area contributed by atoms with Crippen LogP contribution < -0.4 is 5.56 Å². The fourth-order valence-electron chi connectivity index (χ4n) is 3.23. The molecule has 0 atom stereocenters. The maximum Gasteiger partial charge on any atom is 0.285 e.